The van der Waals surface area contributed by atoms with Gasteiger partial charge in [0.1, 0.15) is 0 Å². The lowest BCUT2D eigenvalue weighted by molar-refractivity contribution is -0.137. The number of benzene rings is 1. The lowest BCUT2D eigenvalue weighted by Gasteiger charge is -2.37. The summed E-state index contributed by atoms with van der Waals surface area (Å²) in [7, 11) is 2.16. The van der Waals surface area contributed by atoms with Crippen LogP contribution >= 0.6 is 24.8 Å². The number of hydrogen-bond donors (Lipinski definition) is 1. The van der Waals surface area contributed by atoms with Gasteiger partial charge >= 0.3 is 0 Å². The number of nitrogens with zero attached hydrogens (tertiary/aromatic N) is 3. The molecule has 0 saturated carbocycles. The standard InChI is InChI=1S/C19H32N4O.2ClH/c1-16(17(2)20)19(24)23-13-11-22(12-14-23)10-9-21(3)15-18-7-5-4-6-8-18;;/h4-8,16-17H,9-15,20H2,1-3H3;2*1H. The van der Waals surface area contributed by atoms with Crippen LogP contribution in [0.3, 0.4) is 0 Å². The summed E-state index contributed by atoms with van der Waals surface area (Å²) in [6, 6.07) is 10.5. The van der Waals surface area contributed by atoms with Crippen LogP contribution in [0.5, 0.6) is 0 Å². The minimum Gasteiger partial charge on any atom is -0.340 e. The smallest absolute Gasteiger partial charge is 0.227 e. The molecule has 2 unspecified atom stereocenters. The highest BCUT2D eigenvalue weighted by atomic mass is 35.5. The fraction of sp³-hybridized carbons (Fsp3) is 0.632. The van der Waals surface area contributed by atoms with Gasteiger partial charge in [0, 0.05) is 51.9 Å². The van der Waals surface area contributed by atoms with Gasteiger partial charge in [-0.2, -0.15) is 0 Å². The Kier molecular flexibility index (Phi) is 12.1. The van der Waals surface area contributed by atoms with Crippen LogP contribution in [0, 0.1) is 5.92 Å². The Bertz CT molecular complexity index is 508. The molecule has 7 heteroatoms. The average molecular weight is 405 g/mol. The van der Waals surface area contributed by atoms with Gasteiger partial charge in [-0.25, -0.2) is 0 Å². The first kappa shape index (κ1) is 25.1. The highest BCUT2D eigenvalue weighted by Gasteiger charge is 2.26. The molecular weight excluding hydrogens is 371 g/mol. The Balaban J connectivity index is 0.00000312. The molecule has 0 radical (unpaired) electrons. The zero-order valence-corrected chi connectivity index (χ0v) is 17.8. The van der Waals surface area contributed by atoms with E-state index in [1.807, 2.05) is 18.7 Å². The molecule has 0 aliphatic carbocycles. The van der Waals surface area contributed by atoms with E-state index in [0.717, 1.165) is 45.8 Å². The second kappa shape index (κ2) is 12.5. The molecule has 1 amide bonds. The first-order valence-electron chi connectivity index (χ1n) is 8.96. The Morgan fingerprint density at radius 3 is 2.23 bits per heavy atom. The van der Waals surface area contributed by atoms with E-state index >= 15 is 0 Å². The van der Waals surface area contributed by atoms with Crippen molar-refractivity contribution in [2.45, 2.75) is 26.4 Å². The number of piperazine rings is 1. The van der Waals surface area contributed by atoms with Crippen LogP contribution < -0.4 is 5.73 Å². The molecule has 1 aromatic carbocycles. The van der Waals surface area contributed by atoms with Crippen molar-refractivity contribution in [1.82, 2.24) is 14.7 Å². The molecule has 1 saturated heterocycles. The van der Waals surface area contributed by atoms with Gasteiger partial charge in [-0.15, -0.1) is 24.8 Å². The summed E-state index contributed by atoms with van der Waals surface area (Å²) in [4.78, 5) is 19.1. The van der Waals surface area contributed by atoms with Gasteiger partial charge < -0.3 is 15.5 Å². The Hall–Kier alpha value is -0.850. The van der Waals surface area contributed by atoms with E-state index in [1.165, 1.54) is 5.56 Å². The van der Waals surface area contributed by atoms with Gasteiger partial charge in [-0.1, -0.05) is 37.3 Å². The van der Waals surface area contributed by atoms with Gasteiger partial charge in [-0.3, -0.25) is 9.69 Å². The molecule has 1 heterocycles. The molecule has 1 aromatic rings. The lowest BCUT2D eigenvalue weighted by atomic mass is 10.0. The fourth-order valence-electron chi connectivity index (χ4n) is 2.99. The number of carbonyl (C=O) groups is 1. The minimum atomic E-state index is -0.0893. The minimum absolute atomic E-state index is 0. The first-order chi connectivity index (χ1) is 11.5. The molecule has 5 nitrogen and oxygen atoms in total. The summed E-state index contributed by atoms with van der Waals surface area (Å²) in [5, 5.41) is 0. The predicted molar refractivity (Wildman–Crippen MR) is 113 cm³/mol. The SMILES string of the molecule is CC(N)C(C)C(=O)N1CCN(CCN(C)Cc2ccccc2)CC1.Cl.Cl. The molecule has 0 bridgehead atoms. The highest BCUT2D eigenvalue weighted by molar-refractivity contribution is 5.85. The number of nitrogens with two attached hydrogens (primary N) is 1. The number of hydrogen-bond acceptors (Lipinski definition) is 4. The van der Waals surface area contributed by atoms with Gasteiger partial charge in [-0.05, 0) is 19.5 Å². The van der Waals surface area contributed by atoms with Crippen molar-refractivity contribution in [2.75, 3.05) is 46.3 Å². The van der Waals surface area contributed by atoms with E-state index in [4.69, 9.17) is 5.73 Å². The number of amides is 1. The van der Waals surface area contributed by atoms with Crippen molar-refractivity contribution < 1.29 is 4.79 Å². The van der Waals surface area contributed by atoms with Gasteiger partial charge in [0.2, 0.25) is 5.91 Å². The van der Waals surface area contributed by atoms with Crippen molar-refractivity contribution in [3.8, 4) is 0 Å². The van der Waals surface area contributed by atoms with Crippen LogP contribution in [-0.4, -0.2) is 73.0 Å². The summed E-state index contributed by atoms with van der Waals surface area (Å²) in [6.45, 7) is 10.4. The molecule has 0 spiro atoms. The van der Waals surface area contributed by atoms with Crippen molar-refractivity contribution >= 4 is 30.7 Å². The second-order valence-corrected chi connectivity index (χ2v) is 7.04. The maximum absolute atomic E-state index is 12.3. The molecule has 0 aromatic heterocycles. The van der Waals surface area contributed by atoms with E-state index in [9.17, 15) is 4.79 Å². The van der Waals surface area contributed by atoms with Crippen LogP contribution in [-0.2, 0) is 11.3 Å². The number of rotatable bonds is 7. The van der Waals surface area contributed by atoms with Crippen molar-refractivity contribution in [2.24, 2.45) is 11.7 Å². The molecule has 2 atom stereocenters. The third kappa shape index (κ3) is 7.80. The Morgan fingerprint density at radius 1 is 1.12 bits per heavy atom. The Labute approximate surface area is 170 Å². The molecule has 26 heavy (non-hydrogen) atoms. The van der Waals surface area contributed by atoms with Crippen molar-refractivity contribution in [3.63, 3.8) is 0 Å². The van der Waals surface area contributed by atoms with E-state index in [2.05, 4.69) is 47.2 Å². The van der Waals surface area contributed by atoms with Crippen LogP contribution in [0.2, 0.25) is 0 Å². The predicted octanol–water partition coefficient (Wildman–Crippen LogP) is 2.09. The van der Waals surface area contributed by atoms with Crippen LogP contribution in [0.25, 0.3) is 0 Å². The summed E-state index contributed by atoms with van der Waals surface area (Å²) in [6.07, 6.45) is 0. The maximum atomic E-state index is 12.3. The third-order valence-corrected chi connectivity index (χ3v) is 4.96. The van der Waals surface area contributed by atoms with Gasteiger partial charge in [0.25, 0.3) is 0 Å². The van der Waals surface area contributed by atoms with E-state index in [0.29, 0.717) is 0 Å². The van der Waals surface area contributed by atoms with E-state index < -0.39 is 0 Å². The monoisotopic (exact) mass is 404 g/mol. The molecule has 1 aliphatic rings. The van der Waals surface area contributed by atoms with Crippen molar-refractivity contribution in [1.29, 1.82) is 0 Å². The average Bonchev–Trinajstić information content (AvgIpc) is 2.60. The quantitative estimate of drug-likeness (QED) is 0.755. The first-order valence-corrected chi connectivity index (χ1v) is 8.96. The maximum Gasteiger partial charge on any atom is 0.227 e. The number of likely N-dealkylation sites (N-methyl/N-ethyl adjacent to an activating group) is 1. The normalized spacial score (nSPS) is 17.2. The third-order valence-electron chi connectivity index (χ3n) is 4.96. The lowest BCUT2D eigenvalue weighted by Crippen LogP contribution is -2.52. The fourth-order valence-corrected chi connectivity index (χ4v) is 2.99. The van der Waals surface area contributed by atoms with Gasteiger partial charge in [0.15, 0.2) is 0 Å². The summed E-state index contributed by atoms with van der Waals surface area (Å²) < 4.78 is 0. The highest BCUT2D eigenvalue weighted by Crippen LogP contribution is 2.10. The number of halogens is 2. The van der Waals surface area contributed by atoms with Crippen molar-refractivity contribution in [3.05, 3.63) is 35.9 Å². The van der Waals surface area contributed by atoms with Crippen LogP contribution in [0.1, 0.15) is 19.4 Å². The van der Waals surface area contributed by atoms with E-state index in [-0.39, 0.29) is 42.7 Å². The molecule has 1 aliphatic heterocycles. The van der Waals surface area contributed by atoms with Crippen LogP contribution in [0.15, 0.2) is 30.3 Å². The Morgan fingerprint density at radius 2 is 1.69 bits per heavy atom. The topological polar surface area (TPSA) is 52.8 Å². The molecule has 150 valence electrons. The molecular formula is C19H34Cl2N4O. The largest absolute Gasteiger partial charge is 0.340 e. The summed E-state index contributed by atoms with van der Waals surface area (Å²) in [5.41, 5.74) is 7.20. The van der Waals surface area contributed by atoms with Gasteiger partial charge in [0.05, 0.1) is 5.92 Å². The molecule has 2 rings (SSSR count). The molecule has 1 fully saturated rings. The molecule has 2 N–H and O–H groups in total. The second-order valence-electron chi connectivity index (χ2n) is 7.04. The summed E-state index contributed by atoms with van der Waals surface area (Å²) >= 11 is 0. The van der Waals surface area contributed by atoms with Crippen LogP contribution in [0.4, 0.5) is 0 Å². The zero-order chi connectivity index (χ0) is 17.5. The summed E-state index contributed by atoms with van der Waals surface area (Å²) in [5.74, 6) is 0.111. The number of carbonyl (C=O) groups excluding carboxylic acids is 1. The zero-order valence-electron chi connectivity index (χ0n) is 16.1. The van der Waals surface area contributed by atoms with E-state index in [1.54, 1.807) is 0 Å².